The molecule has 1 atom stereocenters. The summed E-state index contributed by atoms with van der Waals surface area (Å²) < 4.78 is 6.18. The third kappa shape index (κ3) is 4.61. The number of nitrogens with one attached hydrogen (secondary N) is 2. The summed E-state index contributed by atoms with van der Waals surface area (Å²) in [5.41, 5.74) is 0.657. The number of carbonyl (C=O) groups is 2. The Labute approximate surface area is 126 Å². The molecule has 108 valence electrons. The number of benzene rings is 1. The van der Waals surface area contributed by atoms with Crippen LogP contribution >= 0.6 is 15.9 Å². The number of carbonyl (C=O) groups excluding carboxylic acids is 2. The molecule has 0 bridgehead atoms. The molecule has 0 aromatic heterocycles. The van der Waals surface area contributed by atoms with Gasteiger partial charge in [-0.25, -0.2) is 0 Å². The Morgan fingerprint density at radius 3 is 2.80 bits per heavy atom. The number of rotatable bonds is 5. The predicted octanol–water partition coefficient (Wildman–Crippen LogP) is 2.07. The van der Waals surface area contributed by atoms with Crippen LogP contribution in [0.5, 0.6) is 0 Å². The average Bonchev–Trinajstić information content (AvgIpc) is 2.92. The number of amides is 2. The van der Waals surface area contributed by atoms with Crippen LogP contribution in [0.25, 0.3) is 0 Å². The van der Waals surface area contributed by atoms with Gasteiger partial charge < -0.3 is 15.4 Å². The minimum Gasteiger partial charge on any atom is -0.376 e. The fraction of sp³-hybridized carbons (Fsp3) is 0.429. The molecule has 1 aromatic rings. The third-order valence-corrected chi connectivity index (χ3v) is 3.71. The molecule has 6 heteroatoms. The maximum Gasteiger partial charge on any atom is 0.233 e. The van der Waals surface area contributed by atoms with Crippen molar-refractivity contribution in [2.45, 2.75) is 25.4 Å². The molecule has 2 rings (SSSR count). The second-order valence-corrected chi connectivity index (χ2v) is 5.50. The molecule has 2 N–H and O–H groups in total. The largest absolute Gasteiger partial charge is 0.376 e. The first kappa shape index (κ1) is 15.0. The van der Waals surface area contributed by atoms with Crippen LogP contribution in [0.2, 0.25) is 0 Å². The number of halogens is 1. The highest BCUT2D eigenvalue weighted by molar-refractivity contribution is 9.10. The van der Waals surface area contributed by atoms with Crippen LogP contribution < -0.4 is 10.6 Å². The first-order chi connectivity index (χ1) is 9.65. The maximum absolute atomic E-state index is 11.7. The second-order valence-electron chi connectivity index (χ2n) is 4.64. The Bertz CT molecular complexity index is 487. The molecule has 20 heavy (non-hydrogen) atoms. The van der Waals surface area contributed by atoms with Gasteiger partial charge in [-0.2, -0.15) is 0 Å². The van der Waals surface area contributed by atoms with E-state index in [2.05, 4.69) is 26.6 Å². The number of hydrogen-bond acceptors (Lipinski definition) is 3. The Morgan fingerprint density at radius 1 is 1.30 bits per heavy atom. The van der Waals surface area contributed by atoms with Gasteiger partial charge in [0.2, 0.25) is 11.8 Å². The second kappa shape index (κ2) is 7.40. The van der Waals surface area contributed by atoms with Crippen LogP contribution in [0.3, 0.4) is 0 Å². The molecular formula is C14H17BrN2O3. The molecule has 1 saturated heterocycles. The molecule has 1 unspecified atom stereocenters. The van der Waals surface area contributed by atoms with Crippen molar-refractivity contribution in [1.82, 2.24) is 5.32 Å². The number of hydrogen-bond donors (Lipinski definition) is 2. The van der Waals surface area contributed by atoms with Crippen molar-refractivity contribution in [3.8, 4) is 0 Å². The van der Waals surface area contributed by atoms with E-state index in [-0.39, 0.29) is 24.3 Å². The molecule has 1 fully saturated rings. The van der Waals surface area contributed by atoms with Gasteiger partial charge in [0.15, 0.2) is 0 Å². The van der Waals surface area contributed by atoms with Gasteiger partial charge in [-0.15, -0.1) is 0 Å². The molecular weight excluding hydrogens is 324 g/mol. The molecule has 2 amide bonds. The van der Waals surface area contributed by atoms with Crippen molar-refractivity contribution in [1.29, 1.82) is 0 Å². The van der Waals surface area contributed by atoms with Crippen molar-refractivity contribution in [2.24, 2.45) is 0 Å². The van der Waals surface area contributed by atoms with E-state index < -0.39 is 0 Å². The zero-order valence-electron chi connectivity index (χ0n) is 11.0. The summed E-state index contributed by atoms with van der Waals surface area (Å²) in [6.45, 7) is 1.23. The summed E-state index contributed by atoms with van der Waals surface area (Å²) in [5, 5.41) is 5.41. The first-order valence-electron chi connectivity index (χ1n) is 6.58. The van der Waals surface area contributed by atoms with E-state index in [0.717, 1.165) is 23.9 Å². The standard InChI is InChI=1S/C14H17BrN2O3/c15-11-5-1-2-6-12(11)17-14(19)8-13(18)16-9-10-4-3-7-20-10/h1-2,5-6,10H,3-4,7-9H2,(H,16,18)(H,17,19). The van der Waals surface area contributed by atoms with E-state index in [4.69, 9.17) is 4.74 Å². The monoisotopic (exact) mass is 340 g/mol. The zero-order valence-corrected chi connectivity index (χ0v) is 12.6. The highest BCUT2D eigenvalue weighted by Crippen LogP contribution is 2.21. The molecule has 1 heterocycles. The van der Waals surface area contributed by atoms with Gasteiger partial charge in [-0.3, -0.25) is 9.59 Å². The lowest BCUT2D eigenvalue weighted by Gasteiger charge is -2.11. The highest BCUT2D eigenvalue weighted by atomic mass is 79.9. The van der Waals surface area contributed by atoms with Gasteiger partial charge in [0.1, 0.15) is 6.42 Å². The quantitative estimate of drug-likeness (QED) is 0.806. The van der Waals surface area contributed by atoms with Crippen LogP contribution in [0.1, 0.15) is 19.3 Å². The predicted molar refractivity (Wildman–Crippen MR) is 79.4 cm³/mol. The lowest BCUT2D eigenvalue weighted by atomic mass is 10.2. The summed E-state index contributed by atoms with van der Waals surface area (Å²) in [4.78, 5) is 23.4. The van der Waals surface area contributed by atoms with Gasteiger partial charge >= 0.3 is 0 Å². The molecule has 5 nitrogen and oxygen atoms in total. The molecule has 0 radical (unpaired) electrons. The summed E-state index contributed by atoms with van der Waals surface area (Å²) in [7, 11) is 0. The van der Waals surface area contributed by atoms with Crippen LogP contribution in [-0.2, 0) is 14.3 Å². The van der Waals surface area contributed by atoms with E-state index >= 15 is 0 Å². The normalized spacial score (nSPS) is 17.8. The minimum atomic E-state index is -0.332. The minimum absolute atomic E-state index is 0.0882. The summed E-state index contributed by atoms with van der Waals surface area (Å²) in [6, 6.07) is 7.27. The van der Waals surface area contributed by atoms with E-state index in [0.29, 0.717) is 12.2 Å². The van der Waals surface area contributed by atoms with E-state index in [9.17, 15) is 9.59 Å². The SMILES string of the molecule is O=C(CC(=O)Nc1ccccc1Br)NCC1CCCO1. The molecule has 1 aliphatic rings. The molecule has 0 saturated carbocycles. The fourth-order valence-corrected chi connectivity index (χ4v) is 2.38. The Hall–Kier alpha value is -1.40. The number of ether oxygens (including phenoxy) is 1. The van der Waals surface area contributed by atoms with Gasteiger partial charge in [-0.05, 0) is 40.9 Å². The zero-order chi connectivity index (χ0) is 14.4. The third-order valence-electron chi connectivity index (χ3n) is 3.02. The fourth-order valence-electron chi connectivity index (χ4n) is 2.00. The van der Waals surface area contributed by atoms with Crippen molar-refractivity contribution < 1.29 is 14.3 Å². The van der Waals surface area contributed by atoms with Gasteiger partial charge in [0.25, 0.3) is 0 Å². The summed E-state index contributed by atoms with van der Waals surface area (Å²) in [6.07, 6.45) is 1.89. The van der Waals surface area contributed by atoms with Crippen molar-refractivity contribution >= 4 is 33.4 Å². The van der Waals surface area contributed by atoms with Gasteiger partial charge in [0.05, 0.1) is 11.8 Å². The summed E-state index contributed by atoms with van der Waals surface area (Å²) in [5.74, 6) is -0.619. The Morgan fingerprint density at radius 2 is 2.10 bits per heavy atom. The van der Waals surface area contributed by atoms with Crippen molar-refractivity contribution in [3.05, 3.63) is 28.7 Å². The Kier molecular flexibility index (Phi) is 5.55. The topological polar surface area (TPSA) is 67.4 Å². The van der Waals surface area contributed by atoms with Crippen LogP contribution in [0.15, 0.2) is 28.7 Å². The average molecular weight is 341 g/mol. The van der Waals surface area contributed by atoms with Crippen LogP contribution in [-0.4, -0.2) is 31.1 Å². The van der Waals surface area contributed by atoms with Crippen molar-refractivity contribution in [3.63, 3.8) is 0 Å². The summed E-state index contributed by atoms with van der Waals surface area (Å²) >= 11 is 3.33. The Balaban J connectivity index is 1.73. The smallest absolute Gasteiger partial charge is 0.233 e. The lowest BCUT2D eigenvalue weighted by Crippen LogP contribution is -2.34. The number of anilines is 1. The maximum atomic E-state index is 11.7. The van der Waals surface area contributed by atoms with E-state index in [1.807, 2.05) is 18.2 Å². The molecule has 1 aromatic carbocycles. The van der Waals surface area contributed by atoms with Crippen molar-refractivity contribution in [2.75, 3.05) is 18.5 Å². The van der Waals surface area contributed by atoms with Gasteiger partial charge in [0, 0.05) is 17.6 Å². The van der Waals surface area contributed by atoms with Gasteiger partial charge in [-0.1, -0.05) is 12.1 Å². The molecule has 0 spiro atoms. The van der Waals surface area contributed by atoms with E-state index in [1.54, 1.807) is 6.07 Å². The first-order valence-corrected chi connectivity index (χ1v) is 7.37. The highest BCUT2D eigenvalue weighted by Gasteiger charge is 2.17. The van der Waals surface area contributed by atoms with E-state index in [1.165, 1.54) is 0 Å². The molecule has 1 aliphatic heterocycles. The number of para-hydroxylation sites is 1. The molecule has 0 aliphatic carbocycles. The lowest BCUT2D eigenvalue weighted by molar-refractivity contribution is -0.127. The van der Waals surface area contributed by atoms with Crippen LogP contribution in [0, 0.1) is 0 Å². The van der Waals surface area contributed by atoms with Crippen LogP contribution in [0.4, 0.5) is 5.69 Å².